The van der Waals surface area contributed by atoms with Crippen LogP contribution in [0.15, 0.2) is 24.3 Å². The summed E-state index contributed by atoms with van der Waals surface area (Å²) in [6.45, 7) is 5.18. The highest BCUT2D eigenvalue weighted by molar-refractivity contribution is 7.81. The molecular weight excluding hydrogens is 472 g/mol. The lowest BCUT2D eigenvalue weighted by atomic mass is 10.1. The van der Waals surface area contributed by atoms with Crippen molar-refractivity contribution in [3.05, 3.63) is 35.4 Å². The van der Waals surface area contributed by atoms with Crippen LogP contribution in [0.3, 0.4) is 0 Å². The molecule has 1 N–H and O–H groups in total. The fraction of sp³-hybridized carbons (Fsp3) is 0.640. The molecule has 0 saturated carbocycles. The number of unbranched alkanes of at least 4 members (excludes halogenated alkanes) is 1. The Labute approximate surface area is 214 Å². The number of fused-ring (bicyclic) bond motifs is 1. The van der Waals surface area contributed by atoms with E-state index in [1.165, 1.54) is 0 Å². The number of carbonyl (C=O) groups excluding carboxylic acids is 3. The molecule has 1 aromatic rings. The summed E-state index contributed by atoms with van der Waals surface area (Å²) in [5.74, 6) is 0.561. The average Bonchev–Trinajstić information content (AvgIpc) is 3.19. The lowest BCUT2D eigenvalue weighted by Gasteiger charge is -2.26. The second kappa shape index (κ2) is 15.3. The molecule has 4 unspecified atom stereocenters. The van der Waals surface area contributed by atoms with E-state index in [0.717, 1.165) is 49.0 Å². The van der Waals surface area contributed by atoms with Gasteiger partial charge < -0.3 is 9.47 Å². The number of esters is 1. The van der Waals surface area contributed by atoms with E-state index in [2.05, 4.69) is 30.6 Å². The minimum Gasteiger partial charge on any atom is -0.446 e. The van der Waals surface area contributed by atoms with Crippen molar-refractivity contribution in [2.75, 3.05) is 12.3 Å². The van der Waals surface area contributed by atoms with E-state index in [1.807, 2.05) is 38.1 Å². The first-order valence-corrected chi connectivity index (χ1v) is 13.2. The van der Waals surface area contributed by atoms with Crippen LogP contribution in [0.25, 0.3) is 0 Å². The van der Waals surface area contributed by atoms with Crippen molar-refractivity contribution in [3.8, 4) is 0 Å². The van der Waals surface area contributed by atoms with Crippen LogP contribution < -0.4 is 5.32 Å². The minimum atomic E-state index is -0.700. The van der Waals surface area contributed by atoms with E-state index in [9.17, 15) is 14.4 Å². The standard InChI is InChI=1S/C25H38N2O5S2/c1-3-18(2)24(32-23(30)11-7-5-9-20(34)13-15-33)26-14-12-22(29)27-16-19-8-4-6-10-21(19)25(27)31-17-28/h4,6,8,10,17-18,20,24-26,33-34H,3,5,7,9,11-16H2,1-2H3. The summed E-state index contributed by atoms with van der Waals surface area (Å²) in [5, 5.41) is 3.55. The van der Waals surface area contributed by atoms with Crippen LogP contribution in [0, 0.1) is 5.92 Å². The summed E-state index contributed by atoms with van der Waals surface area (Å²) < 4.78 is 10.9. The highest BCUT2D eigenvalue weighted by Gasteiger charge is 2.34. The van der Waals surface area contributed by atoms with Gasteiger partial charge in [-0.05, 0) is 37.0 Å². The molecule has 0 radical (unpaired) electrons. The fourth-order valence-electron chi connectivity index (χ4n) is 3.95. The zero-order valence-corrected chi connectivity index (χ0v) is 21.9. The summed E-state index contributed by atoms with van der Waals surface area (Å²) in [6, 6.07) is 7.55. The van der Waals surface area contributed by atoms with Crippen molar-refractivity contribution in [2.45, 2.75) is 83.0 Å². The van der Waals surface area contributed by atoms with E-state index in [-0.39, 0.29) is 24.2 Å². The molecule has 0 bridgehead atoms. The Morgan fingerprint density at radius 2 is 2.00 bits per heavy atom. The average molecular weight is 511 g/mol. The Bertz CT molecular complexity index is 794. The Balaban J connectivity index is 1.80. The molecule has 1 heterocycles. The number of rotatable bonds is 16. The molecule has 0 fully saturated rings. The topological polar surface area (TPSA) is 84.9 Å². The summed E-state index contributed by atoms with van der Waals surface area (Å²) in [4.78, 5) is 37.8. The first-order chi connectivity index (χ1) is 16.4. The van der Waals surface area contributed by atoms with Crippen LogP contribution in [-0.4, -0.2) is 47.0 Å². The predicted octanol–water partition coefficient (Wildman–Crippen LogP) is 4.27. The largest absolute Gasteiger partial charge is 0.446 e. The number of carbonyl (C=O) groups is 3. The van der Waals surface area contributed by atoms with Gasteiger partial charge in [0.15, 0.2) is 6.23 Å². The normalized spacial score (nSPS) is 17.5. The molecule has 4 atom stereocenters. The Hall–Kier alpha value is -1.71. The van der Waals surface area contributed by atoms with E-state index in [1.54, 1.807) is 4.90 Å². The van der Waals surface area contributed by atoms with Gasteiger partial charge in [0, 0.05) is 36.1 Å². The number of thiol groups is 2. The second-order valence-corrected chi connectivity index (χ2v) is 9.89. The molecule has 1 aliphatic rings. The Kier molecular flexibility index (Phi) is 12.9. The van der Waals surface area contributed by atoms with Gasteiger partial charge in [-0.25, -0.2) is 0 Å². The number of hydrogen-bond acceptors (Lipinski definition) is 8. The fourth-order valence-corrected chi connectivity index (χ4v) is 4.78. The molecule has 9 heteroatoms. The third-order valence-corrected chi connectivity index (χ3v) is 6.96. The van der Waals surface area contributed by atoms with Crippen molar-refractivity contribution < 1.29 is 23.9 Å². The van der Waals surface area contributed by atoms with Crippen molar-refractivity contribution >= 4 is 43.6 Å². The molecule has 34 heavy (non-hydrogen) atoms. The van der Waals surface area contributed by atoms with Crippen molar-refractivity contribution in [3.63, 3.8) is 0 Å². The molecule has 1 amide bonds. The van der Waals surface area contributed by atoms with Crippen molar-refractivity contribution in [1.82, 2.24) is 10.2 Å². The molecule has 190 valence electrons. The number of nitrogens with one attached hydrogen (secondary N) is 1. The van der Waals surface area contributed by atoms with Crippen LogP contribution in [-0.2, 0) is 30.4 Å². The SMILES string of the molecule is CCC(C)C(NCCC(=O)N1Cc2ccccc2C1OC=O)OC(=O)CCCCC(S)CCS. The Morgan fingerprint density at radius 1 is 1.24 bits per heavy atom. The lowest BCUT2D eigenvalue weighted by molar-refractivity contribution is -0.154. The highest BCUT2D eigenvalue weighted by atomic mass is 32.1. The summed E-state index contributed by atoms with van der Waals surface area (Å²) in [5.41, 5.74) is 1.80. The maximum atomic E-state index is 12.9. The van der Waals surface area contributed by atoms with Crippen LogP contribution in [0.4, 0.5) is 0 Å². The van der Waals surface area contributed by atoms with Crippen molar-refractivity contribution in [2.24, 2.45) is 5.92 Å². The van der Waals surface area contributed by atoms with Gasteiger partial charge in [-0.3, -0.25) is 24.6 Å². The van der Waals surface area contributed by atoms with Gasteiger partial charge in [0.2, 0.25) is 12.1 Å². The van der Waals surface area contributed by atoms with E-state index < -0.39 is 12.5 Å². The molecule has 1 aromatic carbocycles. The van der Waals surface area contributed by atoms with Gasteiger partial charge in [-0.15, -0.1) is 0 Å². The highest BCUT2D eigenvalue weighted by Crippen LogP contribution is 2.34. The van der Waals surface area contributed by atoms with E-state index in [0.29, 0.717) is 31.2 Å². The number of benzene rings is 1. The van der Waals surface area contributed by atoms with Crippen molar-refractivity contribution in [1.29, 1.82) is 0 Å². The van der Waals surface area contributed by atoms with Crippen LogP contribution in [0.2, 0.25) is 0 Å². The third kappa shape index (κ3) is 8.82. The lowest BCUT2D eigenvalue weighted by Crippen LogP contribution is -2.41. The first-order valence-electron chi connectivity index (χ1n) is 12.1. The molecule has 1 aliphatic heterocycles. The minimum absolute atomic E-state index is 0.110. The van der Waals surface area contributed by atoms with Crippen LogP contribution >= 0.6 is 25.3 Å². The maximum Gasteiger partial charge on any atom is 0.307 e. The summed E-state index contributed by atoms with van der Waals surface area (Å²) in [6.07, 6.45) is 3.86. The molecule has 0 aliphatic carbocycles. The molecule has 0 saturated heterocycles. The smallest absolute Gasteiger partial charge is 0.307 e. The predicted molar refractivity (Wildman–Crippen MR) is 139 cm³/mol. The first kappa shape index (κ1) is 28.5. The van der Waals surface area contributed by atoms with Crippen LogP contribution in [0.1, 0.15) is 76.1 Å². The quantitative estimate of drug-likeness (QED) is 0.101. The van der Waals surface area contributed by atoms with E-state index in [4.69, 9.17) is 9.47 Å². The summed E-state index contributed by atoms with van der Waals surface area (Å²) in [7, 11) is 0. The molecule has 0 aromatic heterocycles. The zero-order valence-electron chi connectivity index (χ0n) is 20.2. The zero-order chi connectivity index (χ0) is 24.9. The van der Waals surface area contributed by atoms with Gasteiger partial charge in [-0.2, -0.15) is 25.3 Å². The second-order valence-electron chi connectivity index (χ2n) is 8.72. The third-order valence-electron chi connectivity index (χ3n) is 6.18. The maximum absolute atomic E-state index is 12.9. The van der Waals surface area contributed by atoms with Gasteiger partial charge in [0.1, 0.15) is 0 Å². The van der Waals surface area contributed by atoms with Gasteiger partial charge in [0.05, 0.1) is 6.54 Å². The van der Waals surface area contributed by atoms with Crippen LogP contribution in [0.5, 0.6) is 0 Å². The van der Waals surface area contributed by atoms with Gasteiger partial charge in [-0.1, -0.05) is 44.5 Å². The monoisotopic (exact) mass is 510 g/mol. The number of amides is 1. The number of nitrogens with zero attached hydrogens (tertiary/aromatic N) is 1. The van der Waals surface area contributed by atoms with E-state index >= 15 is 0 Å². The molecule has 2 rings (SSSR count). The molecule has 0 spiro atoms. The van der Waals surface area contributed by atoms with Gasteiger partial charge >= 0.3 is 5.97 Å². The molecular formula is C25H38N2O5S2. The number of ether oxygens (including phenoxy) is 2. The molecule has 7 nitrogen and oxygen atoms in total. The van der Waals surface area contributed by atoms with Gasteiger partial charge in [0.25, 0.3) is 6.47 Å². The number of hydrogen-bond donors (Lipinski definition) is 3. The summed E-state index contributed by atoms with van der Waals surface area (Å²) >= 11 is 8.74. The Morgan fingerprint density at radius 3 is 2.71 bits per heavy atom.